The van der Waals surface area contributed by atoms with E-state index in [-0.39, 0.29) is 24.0 Å². The maximum Gasteiger partial charge on any atom is 0.288 e. The average molecular weight is 449 g/mol. The second-order valence-electron chi connectivity index (χ2n) is 6.45. The number of benzene rings is 2. The van der Waals surface area contributed by atoms with Crippen LogP contribution in [0.3, 0.4) is 0 Å². The first-order valence-corrected chi connectivity index (χ1v) is 9.72. The Hall–Kier alpha value is -2.88. The summed E-state index contributed by atoms with van der Waals surface area (Å²) in [7, 11) is 4.91. The van der Waals surface area contributed by atoms with Gasteiger partial charge in [0.15, 0.2) is 11.5 Å². The number of carbonyl (C=O) groups is 1. The Morgan fingerprint density at radius 1 is 1.20 bits per heavy atom. The molecular formula is C20H21ClN4O4S. The number of amides is 1. The van der Waals surface area contributed by atoms with Crippen LogP contribution in [0.15, 0.2) is 46.9 Å². The van der Waals surface area contributed by atoms with Gasteiger partial charge in [-0.1, -0.05) is 11.6 Å². The highest BCUT2D eigenvalue weighted by Crippen LogP contribution is 2.31. The van der Waals surface area contributed by atoms with Crippen molar-refractivity contribution in [2.45, 2.75) is 6.67 Å². The number of anilines is 1. The lowest BCUT2D eigenvalue weighted by Crippen LogP contribution is -2.32. The molecule has 0 aliphatic heterocycles. The van der Waals surface area contributed by atoms with Crippen molar-refractivity contribution in [2.24, 2.45) is 0 Å². The van der Waals surface area contributed by atoms with Gasteiger partial charge in [-0.05, 0) is 61.7 Å². The van der Waals surface area contributed by atoms with Crippen molar-refractivity contribution in [3.63, 3.8) is 0 Å². The lowest BCUT2D eigenvalue weighted by molar-refractivity contribution is -0.117. The highest BCUT2D eigenvalue weighted by atomic mass is 35.5. The number of nitrogens with one attached hydrogen (secondary N) is 1. The van der Waals surface area contributed by atoms with Crippen LogP contribution in [0.2, 0.25) is 5.02 Å². The van der Waals surface area contributed by atoms with E-state index >= 15 is 0 Å². The number of aromatic nitrogens is 2. The van der Waals surface area contributed by atoms with Crippen LogP contribution in [0.25, 0.3) is 11.5 Å². The molecule has 2 aromatic carbocycles. The van der Waals surface area contributed by atoms with E-state index in [2.05, 4.69) is 10.4 Å². The number of rotatable bonds is 8. The smallest absolute Gasteiger partial charge is 0.288 e. The zero-order valence-electron chi connectivity index (χ0n) is 16.7. The normalized spacial score (nSPS) is 10.8. The van der Waals surface area contributed by atoms with Gasteiger partial charge >= 0.3 is 0 Å². The van der Waals surface area contributed by atoms with Gasteiger partial charge in [-0.3, -0.25) is 9.69 Å². The predicted molar refractivity (Wildman–Crippen MR) is 117 cm³/mol. The number of nitrogens with zero attached hydrogens (tertiary/aromatic N) is 3. The second-order valence-corrected chi connectivity index (χ2v) is 7.24. The van der Waals surface area contributed by atoms with E-state index in [9.17, 15) is 4.79 Å². The minimum atomic E-state index is -0.171. The third kappa shape index (κ3) is 5.38. The van der Waals surface area contributed by atoms with Crippen LogP contribution in [0.1, 0.15) is 0 Å². The third-order valence-electron chi connectivity index (χ3n) is 4.15. The minimum absolute atomic E-state index is 0.142. The first kappa shape index (κ1) is 21.8. The largest absolute Gasteiger partial charge is 0.493 e. The summed E-state index contributed by atoms with van der Waals surface area (Å²) in [5.74, 6) is 1.34. The summed E-state index contributed by atoms with van der Waals surface area (Å²) in [6.45, 7) is 0.423. The van der Waals surface area contributed by atoms with Gasteiger partial charge in [0, 0.05) is 16.3 Å². The molecule has 3 aromatic rings. The summed E-state index contributed by atoms with van der Waals surface area (Å²) in [5, 5.41) is 7.83. The number of halogens is 1. The van der Waals surface area contributed by atoms with Gasteiger partial charge in [0.2, 0.25) is 11.8 Å². The van der Waals surface area contributed by atoms with E-state index in [4.69, 9.17) is 37.7 Å². The van der Waals surface area contributed by atoms with Crippen LogP contribution in [-0.2, 0) is 11.5 Å². The van der Waals surface area contributed by atoms with Gasteiger partial charge in [-0.2, -0.15) is 0 Å². The number of ether oxygens (including phenoxy) is 2. The maximum absolute atomic E-state index is 12.2. The van der Waals surface area contributed by atoms with Gasteiger partial charge < -0.3 is 19.2 Å². The van der Waals surface area contributed by atoms with Crippen LogP contribution >= 0.6 is 23.8 Å². The quantitative estimate of drug-likeness (QED) is 0.520. The molecule has 0 unspecified atom stereocenters. The molecule has 0 saturated carbocycles. The van der Waals surface area contributed by atoms with Crippen LogP contribution in [0.4, 0.5) is 5.69 Å². The summed E-state index contributed by atoms with van der Waals surface area (Å²) in [6, 6.07) is 12.2. The van der Waals surface area contributed by atoms with Gasteiger partial charge in [-0.15, -0.1) is 5.10 Å². The maximum atomic E-state index is 12.2. The predicted octanol–water partition coefficient (Wildman–Crippen LogP) is 4.07. The fourth-order valence-corrected chi connectivity index (χ4v) is 3.04. The van der Waals surface area contributed by atoms with Crippen molar-refractivity contribution >= 4 is 35.4 Å². The second kappa shape index (κ2) is 9.75. The van der Waals surface area contributed by atoms with Gasteiger partial charge in [0.25, 0.3) is 4.84 Å². The van der Waals surface area contributed by atoms with Gasteiger partial charge in [-0.25, -0.2) is 4.68 Å². The van der Waals surface area contributed by atoms with Crippen molar-refractivity contribution in [1.29, 1.82) is 0 Å². The molecule has 8 nitrogen and oxygen atoms in total. The van der Waals surface area contributed by atoms with E-state index in [1.165, 1.54) is 4.68 Å². The Morgan fingerprint density at radius 3 is 2.57 bits per heavy atom. The molecule has 1 aromatic heterocycles. The number of likely N-dealkylation sites (N-methyl/N-ethyl adjacent to an activating group) is 1. The van der Waals surface area contributed by atoms with Crippen molar-refractivity contribution in [3.8, 4) is 23.0 Å². The molecule has 0 fully saturated rings. The lowest BCUT2D eigenvalue weighted by Gasteiger charge is -2.15. The fraction of sp³-hybridized carbons (Fsp3) is 0.250. The molecule has 10 heteroatoms. The molecule has 0 radical (unpaired) electrons. The fourth-order valence-electron chi connectivity index (χ4n) is 2.74. The van der Waals surface area contributed by atoms with Gasteiger partial charge in [0.05, 0.1) is 27.4 Å². The molecule has 30 heavy (non-hydrogen) atoms. The zero-order chi connectivity index (χ0) is 21.7. The first-order valence-electron chi connectivity index (χ1n) is 8.94. The van der Waals surface area contributed by atoms with Crippen molar-refractivity contribution in [2.75, 3.05) is 33.1 Å². The highest BCUT2D eigenvalue weighted by Gasteiger charge is 2.14. The Labute approximate surface area is 184 Å². The van der Waals surface area contributed by atoms with E-state index in [0.717, 1.165) is 0 Å². The Bertz CT molecular complexity index is 1080. The summed E-state index contributed by atoms with van der Waals surface area (Å²) in [4.78, 5) is 14.2. The topological polar surface area (TPSA) is 81.8 Å². The van der Waals surface area contributed by atoms with Crippen LogP contribution in [-0.4, -0.2) is 48.4 Å². The van der Waals surface area contributed by atoms with E-state index in [0.29, 0.717) is 33.7 Å². The Balaban J connectivity index is 1.66. The van der Waals surface area contributed by atoms with Crippen LogP contribution < -0.4 is 14.8 Å². The number of methoxy groups -OCH3 is 2. The van der Waals surface area contributed by atoms with E-state index in [1.807, 2.05) is 0 Å². The van der Waals surface area contributed by atoms with Crippen molar-refractivity contribution < 1.29 is 18.7 Å². The molecule has 0 aliphatic carbocycles. The van der Waals surface area contributed by atoms with Crippen LogP contribution in [0.5, 0.6) is 11.5 Å². The molecule has 158 valence electrons. The van der Waals surface area contributed by atoms with Crippen molar-refractivity contribution in [1.82, 2.24) is 14.7 Å². The van der Waals surface area contributed by atoms with Crippen molar-refractivity contribution in [3.05, 3.63) is 52.3 Å². The van der Waals surface area contributed by atoms with Crippen LogP contribution in [0, 0.1) is 4.84 Å². The molecule has 3 rings (SSSR count). The molecule has 0 saturated heterocycles. The molecule has 1 N–H and O–H groups in total. The van der Waals surface area contributed by atoms with E-state index in [1.54, 1.807) is 68.6 Å². The minimum Gasteiger partial charge on any atom is -0.493 e. The first-order chi connectivity index (χ1) is 14.4. The highest BCUT2D eigenvalue weighted by molar-refractivity contribution is 7.71. The average Bonchev–Trinajstić information content (AvgIpc) is 3.09. The molecule has 0 spiro atoms. The summed E-state index contributed by atoms with van der Waals surface area (Å²) < 4.78 is 17.7. The Morgan fingerprint density at radius 2 is 1.90 bits per heavy atom. The molecule has 1 amide bonds. The van der Waals surface area contributed by atoms with Gasteiger partial charge in [0.1, 0.15) is 0 Å². The molecule has 0 atom stereocenters. The standard InChI is InChI=1S/C20H21ClN4O4S/c1-24(11-18(26)22-15-7-5-14(21)6-8-15)12-25-20(30)29-19(23-25)13-4-9-16(27-2)17(10-13)28-3/h4-10H,11-12H2,1-3H3,(H,22,26). The summed E-state index contributed by atoms with van der Waals surface area (Å²) >= 11 is 11.1. The lowest BCUT2D eigenvalue weighted by atomic mass is 10.2. The molecule has 0 aliphatic rings. The number of hydrogen-bond donors (Lipinski definition) is 1. The monoisotopic (exact) mass is 448 g/mol. The molecule has 1 heterocycles. The number of carbonyl (C=O) groups excluding carboxylic acids is 1. The number of hydrogen-bond acceptors (Lipinski definition) is 7. The molecule has 0 bridgehead atoms. The SMILES string of the molecule is COc1ccc(-c2nn(CN(C)CC(=O)Nc3ccc(Cl)cc3)c(=S)o2)cc1OC. The molecular weight excluding hydrogens is 428 g/mol. The summed E-state index contributed by atoms with van der Waals surface area (Å²) in [6.07, 6.45) is 0. The van der Waals surface area contributed by atoms with E-state index < -0.39 is 0 Å². The zero-order valence-corrected chi connectivity index (χ0v) is 18.3. The third-order valence-corrected chi connectivity index (χ3v) is 4.70. The Kier molecular flexibility index (Phi) is 7.09. The summed E-state index contributed by atoms with van der Waals surface area (Å²) in [5.41, 5.74) is 1.37.